The molecule has 2 nitrogen and oxygen atoms in total. The predicted octanol–water partition coefficient (Wildman–Crippen LogP) is 3.06. The summed E-state index contributed by atoms with van der Waals surface area (Å²) < 4.78 is 19.3. The molecule has 0 bridgehead atoms. The average molecular weight is 249 g/mol. The Morgan fingerprint density at radius 3 is 2.83 bits per heavy atom. The van der Waals surface area contributed by atoms with E-state index in [1.165, 1.54) is 12.8 Å². The lowest BCUT2D eigenvalue weighted by Gasteiger charge is -2.09. The van der Waals surface area contributed by atoms with Gasteiger partial charge in [-0.1, -0.05) is 17.7 Å². The molecule has 0 amide bonds. The van der Waals surface area contributed by atoms with Gasteiger partial charge in [-0.2, -0.15) is 0 Å². The summed E-state index contributed by atoms with van der Waals surface area (Å²) in [6, 6.07) is 5.17. The molecule has 0 atom stereocenters. The monoisotopic (exact) mass is 249 g/mol. The molecule has 0 unspecified atom stereocenters. The van der Waals surface area contributed by atoms with Gasteiger partial charge in [-0.05, 0) is 49.8 Å². The van der Waals surface area contributed by atoms with Crippen molar-refractivity contribution < 1.29 is 9.13 Å². The van der Waals surface area contributed by atoms with Crippen LogP contribution in [0.1, 0.15) is 25.3 Å². The minimum absolute atomic E-state index is 0.277. The first kappa shape index (κ1) is 13.1. The molecule has 18 heavy (non-hydrogen) atoms. The molecule has 2 N–H and O–H groups in total. The van der Waals surface area contributed by atoms with Crippen LogP contribution in [0.4, 0.5) is 4.39 Å². The lowest BCUT2D eigenvalue weighted by Crippen LogP contribution is -2.06. The van der Waals surface area contributed by atoms with Crippen molar-refractivity contribution in [2.24, 2.45) is 11.7 Å². The Bertz CT molecular complexity index is 438. The number of nitrogens with two attached hydrogens (primary N) is 1. The maximum atomic E-state index is 13.8. The summed E-state index contributed by atoms with van der Waals surface area (Å²) >= 11 is 0. The summed E-state index contributed by atoms with van der Waals surface area (Å²) in [6.07, 6.45) is 5.10. The van der Waals surface area contributed by atoms with Gasteiger partial charge in [0.2, 0.25) is 0 Å². The second-order valence-electron chi connectivity index (χ2n) is 4.85. The van der Waals surface area contributed by atoms with Crippen LogP contribution < -0.4 is 10.5 Å². The minimum Gasteiger partial charge on any atom is -0.490 e. The molecule has 0 radical (unpaired) electrons. The van der Waals surface area contributed by atoms with Crippen molar-refractivity contribution in [1.82, 2.24) is 0 Å². The third-order valence-electron chi connectivity index (χ3n) is 3.27. The molecular formula is C15H20FNO. The zero-order chi connectivity index (χ0) is 13.0. The van der Waals surface area contributed by atoms with Gasteiger partial charge < -0.3 is 10.5 Å². The molecule has 0 spiro atoms. The second kappa shape index (κ2) is 6.01. The Balaban J connectivity index is 1.99. The molecule has 0 aromatic heterocycles. The SMILES string of the molecule is C/C=C(\CN)Cc1ccc(OCC2CC2)c(F)c1. The van der Waals surface area contributed by atoms with E-state index < -0.39 is 0 Å². The van der Waals surface area contributed by atoms with Crippen LogP contribution in [-0.2, 0) is 6.42 Å². The number of benzene rings is 1. The summed E-state index contributed by atoms with van der Waals surface area (Å²) in [5, 5.41) is 0. The quantitative estimate of drug-likeness (QED) is 0.786. The van der Waals surface area contributed by atoms with Crippen LogP contribution in [0.5, 0.6) is 5.75 Å². The van der Waals surface area contributed by atoms with E-state index in [4.69, 9.17) is 10.5 Å². The van der Waals surface area contributed by atoms with Crippen molar-refractivity contribution >= 4 is 0 Å². The fourth-order valence-corrected chi connectivity index (χ4v) is 1.82. The first-order valence-corrected chi connectivity index (χ1v) is 6.48. The zero-order valence-electron chi connectivity index (χ0n) is 10.8. The molecule has 98 valence electrons. The molecule has 1 fully saturated rings. The van der Waals surface area contributed by atoms with Crippen LogP contribution in [0.2, 0.25) is 0 Å². The normalized spacial score (nSPS) is 15.8. The van der Waals surface area contributed by atoms with E-state index in [-0.39, 0.29) is 5.82 Å². The summed E-state index contributed by atoms with van der Waals surface area (Å²) in [5.41, 5.74) is 7.65. The molecule has 1 aromatic carbocycles. The van der Waals surface area contributed by atoms with Gasteiger partial charge in [0.25, 0.3) is 0 Å². The fraction of sp³-hybridized carbons (Fsp3) is 0.467. The number of halogens is 1. The Morgan fingerprint density at radius 1 is 1.50 bits per heavy atom. The van der Waals surface area contributed by atoms with E-state index in [0.717, 1.165) is 11.1 Å². The Morgan fingerprint density at radius 2 is 2.28 bits per heavy atom. The second-order valence-corrected chi connectivity index (χ2v) is 4.85. The third kappa shape index (κ3) is 3.57. The molecule has 0 heterocycles. The highest BCUT2D eigenvalue weighted by molar-refractivity contribution is 5.32. The van der Waals surface area contributed by atoms with Gasteiger partial charge in [0.15, 0.2) is 11.6 Å². The highest BCUT2D eigenvalue weighted by atomic mass is 19.1. The highest BCUT2D eigenvalue weighted by Crippen LogP contribution is 2.30. The third-order valence-corrected chi connectivity index (χ3v) is 3.27. The first-order valence-electron chi connectivity index (χ1n) is 6.48. The standard InChI is InChI=1S/C15H20FNO/c1-2-11(9-17)7-13-5-6-15(14(16)8-13)18-10-12-3-4-12/h2,5-6,8,12H,3-4,7,9-10,17H2,1H3/b11-2-. The Labute approximate surface area is 108 Å². The van der Waals surface area contributed by atoms with Crippen molar-refractivity contribution in [2.75, 3.05) is 13.2 Å². The highest BCUT2D eigenvalue weighted by Gasteiger charge is 2.22. The van der Waals surface area contributed by atoms with Crippen molar-refractivity contribution in [1.29, 1.82) is 0 Å². The van der Waals surface area contributed by atoms with E-state index in [1.54, 1.807) is 12.1 Å². The van der Waals surface area contributed by atoms with E-state index >= 15 is 0 Å². The molecule has 1 aliphatic carbocycles. The lowest BCUT2D eigenvalue weighted by atomic mass is 10.0. The molecule has 0 aliphatic heterocycles. The Kier molecular flexibility index (Phi) is 4.37. The number of ether oxygens (including phenoxy) is 1. The molecule has 0 saturated heterocycles. The first-order chi connectivity index (χ1) is 8.72. The molecule has 1 saturated carbocycles. The van der Waals surface area contributed by atoms with Gasteiger partial charge in [0.1, 0.15) is 0 Å². The summed E-state index contributed by atoms with van der Waals surface area (Å²) in [5.74, 6) is 0.719. The van der Waals surface area contributed by atoms with Crippen LogP contribution in [0.15, 0.2) is 29.8 Å². The summed E-state index contributed by atoms with van der Waals surface area (Å²) in [7, 11) is 0. The maximum Gasteiger partial charge on any atom is 0.165 e. The van der Waals surface area contributed by atoms with E-state index in [9.17, 15) is 4.39 Å². The van der Waals surface area contributed by atoms with Gasteiger partial charge in [-0.15, -0.1) is 0 Å². The van der Waals surface area contributed by atoms with Crippen LogP contribution in [0.3, 0.4) is 0 Å². The smallest absolute Gasteiger partial charge is 0.165 e. The minimum atomic E-state index is -0.277. The number of hydrogen-bond acceptors (Lipinski definition) is 2. The van der Waals surface area contributed by atoms with Crippen molar-refractivity contribution in [2.45, 2.75) is 26.2 Å². The van der Waals surface area contributed by atoms with E-state index in [1.807, 2.05) is 19.1 Å². The van der Waals surface area contributed by atoms with Crippen molar-refractivity contribution in [3.63, 3.8) is 0 Å². The molecule has 3 heteroatoms. The topological polar surface area (TPSA) is 35.2 Å². The number of allylic oxidation sites excluding steroid dienone is 1. The fourth-order valence-electron chi connectivity index (χ4n) is 1.82. The number of hydrogen-bond donors (Lipinski definition) is 1. The summed E-state index contributed by atoms with van der Waals surface area (Å²) in [4.78, 5) is 0. The molecule has 1 aromatic rings. The maximum absolute atomic E-state index is 13.8. The molecular weight excluding hydrogens is 229 g/mol. The van der Waals surface area contributed by atoms with Gasteiger partial charge in [0.05, 0.1) is 6.61 Å². The molecule has 1 aliphatic rings. The van der Waals surface area contributed by atoms with Gasteiger partial charge >= 0.3 is 0 Å². The predicted molar refractivity (Wildman–Crippen MR) is 71.1 cm³/mol. The van der Waals surface area contributed by atoms with E-state index in [0.29, 0.717) is 31.2 Å². The zero-order valence-corrected chi connectivity index (χ0v) is 10.8. The van der Waals surface area contributed by atoms with Crippen molar-refractivity contribution in [3.8, 4) is 5.75 Å². The van der Waals surface area contributed by atoms with Gasteiger partial charge in [0, 0.05) is 6.54 Å². The Hall–Kier alpha value is -1.35. The largest absolute Gasteiger partial charge is 0.490 e. The summed E-state index contributed by atoms with van der Waals surface area (Å²) in [6.45, 7) is 3.10. The van der Waals surface area contributed by atoms with E-state index in [2.05, 4.69) is 0 Å². The van der Waals surface area contributed by atoms with Crippen LogP contribution >= 0.6 is 0 Å². The lowest BCUT2D eigenvalue weighted by molar-refractivity contribution is 0.285. The van der Waals surface area contributed by atoms with Crippen LogP contribution in [0, 0.1) is 11.7 Å². The van der Waals surface area contributed by atoms with Crippen LogP contribution in [-0.4, -0.2) is 13.2 Å². The van der Waals surface area contributed by atoms with Crippen LogP contribution in [0.25, 0.3) is 0 Å². The number of rotatable bonds is 6. The van der Waals surface area contributed by atoms with Gasteiger partial charge in [-0.25, -0.2) is 4.39 Å². The average Bonchev–Trinajstić information content (AvgIpc) is 3.19. The van der Waals surface area contributed by atoms with Gasteiger partial charge in [-0.3, -0.25) is 0 Å². The molecule has 2 rings (SSSR count). The van der Waals surface area contributed by atoms with Crippen molar-refractivity contribution in [3.05, 3.63) is 41.2 Å².